The predicted molar refractivity (Wildman–Crippen MR) is 134 cm³/mol. The van der Waals surface area contributed by atoms with Gasteiger partial charge >= 0.3 is 10.8 Å². The first kappa shape index (κ1) is 22.7. The standard InChI is InChI=1S/C26H26N2O5S2/c1-2-32-25(30)14-7-9-17(10-8-14)27-19(29)13-28-24-23(35-26(28)31)21(18-4-3-11-33-18)20-15-5-6-16(12-15)22(20)34-24/h3-4,7-11,15-16,20-22H,2,5-6,12-13H2,1H3,(H,27,29). The normalized spacial score (nSPS) is 26.3. The van der Waals surface area contributed by atoms with E-state index in [1.807, 2.05) is 12.1 Å². The number of nitrogens with one attached hydrogen (secondary N) is 1. The lowest BCUT2D eigenvalue weighted by Gasteiger charge is -2.39. The van der Waals surface area contributed by atoms with Gasteiger partial charge in [-0.3, -0.25) is 14.2 Å². The van der Waals surface area contributed by atoms with Crippen LogP contribution in [-0.4, -0.2) is 28.3 Å². The average Bonchev–Trinajstić information content (AvgIpc) is 3.64. The van der Waals surface area contributed by atoms with Gasteiger partial charge in [0.25, 0.3) is 0 Å². The van der Waals surface area contributed by atoms with E-state index < -0.39 is 5.97 Å². The Morgan fingerprint density at radius 1 is 1.17 bits per heavy atom. The van der Waals surface area contributed by atoms with Gasteiger partial charge in [0.15, 0.2) is 0 Å². The van der Waals surface area contributed by atoms with Crippen molar-refractivity contribution in [3.8, 4) is 0 Å². The number of carbonyl (C=O) groups excluding carboxylic acids is 2. The van der Waals surface area contributed by atoms with Gasteiger partial charge in [-0.1, -0.05) is 11.3 Å². The molecule has 2 fully saturated rings. The molecule has 2 aliphatic carbocycles. The largest absolute Gasteiger partial charge is 0.469 e. The molecule has 2 aromatic heterocycles. The number of ether oxygens (including phenoxy) is 1. The average molecular weight is 511 g/mol. The Hall–Kier alpha value is -2.78. The molecule has 3 aliphatic rings. The van der Waals surface area contributed by atoms with Gasteiger partial charge in [0.2, 0.25) is 5.91 Å². The van der Waals surface area contributed by atoms with Crippen molar-refractivity contribution in [2.45, 2.75) is 48.9 Å². The smallest absolute Gasteiger partial charge is 0.338 e. The van der Waals surface area contributed by atoms with Crippen LogP contribution >= 0.6 is 23.1 Å². The first-order valence-corrected chi connectivity index (χ1v) is 13.7. The number of thiazole rings is 1. The van der Waals surface area contributed by atoms with E-state index in [4.69, 9.17) is 9.15 Å². The van der Waals surface area contributed by atoms with Gasteiger partial charge in [0.05, 0.1) is 34.3 Å². The monoisotopic (exact) mass is 510 g/mol. The molecule has 0 saturated heterocycles. The maximum absolute atomic E-state index is 13.1. The van der Waals surface area contributed by atoms with E-state index in [0.29, 0.717) is 40.9 Å². The van der Waals surface area contributed by atoms with E-state index in [1.54, 1.807) is 53.8 Å². The number of rotatable bonds is 6. The molecule has 5 unspecified atom stereocenters. The van der Waals surface area contributed by atoms with E-state index in [9.17, 15) is 14.4 Å². The number of anilines is 1. The number of esters is 1. The summed E-state index contributed by atoms with van der Waals surface area (Å²) in [7, 11) is 0. The summed E-state index contributed by atoms with van der Waals surface area (Å²) in [6, 6.07) is 10.5. The number of furan rings is 1. The third-order valence-corrected chi connectivity index (χ3v) is 10.3. The molecule has 35 heavy (non-hydrogen) atoms. The second-order valence-electron chi connectivity index (χ2n) is 9.46. The predicted octanol–water partition coefficient (Wildman–Crippen LogP) is 4.97. The van der Waals surface area contributed by atoms with Gasteiger partial charge in [-0.15, -0.1) is 11.8 Å². The molecule has 6 rings (SSSR count). The quantitative estimate of drug-likeness (QED) is 0.471. The van der Waals surface area contributed by atoms with Crippen molar-refractivity contribution < 1.29 is 18.7 Å². The molecular formula is C26H26N2O5S2. The number of benzene rings is 1. The lowest BCUT2D eigenvalue weighted by molar-refractivity contribution is -0.116. The third-order valence-electron chi connectivity index (χ3n) is 7.52. The molecule has 1 amide bonds. The van der Waals surface area contributed by atoms with E-state index in [1.165, 1.54) is 30.6 Å². The number of hydrogen-bond donors (Lipinski definition) is 1. The molecule has 0 radical (unpaired) electrons. The first-order valence-electron chi connectivity index (χ1n) is 12.0. The highest BCUT2D eigenvalue weighted by Crippen LogP contribution is 2.64. The molecule has 3 aromatic rings. The zero-order valence-electron chi connectivity index (χ0n) is 19.3. The van der Waals surface area contributed by atoms with Crippen LogP contribution < -0.4 is 10.2 Å². The van der Waals surface area contributed by atoms with Crippen LogP contribution in [0.2, 0.25) is 0 Å². The minimum Gasteiger partial charge on any atom is -0.469 e. The molecule has 7 nitrogen and oxygen atoms in total. The van der Waals surface area contributed by atoms with Crippen LogP contribution in [0.15, 0.2) is 56.9 Å². The molecule has 5 atom stereocenters. The minimum absolute atomic E-state index is 0.0480. The molecule has 1 aromatic carbocycles. The highest BCUT2D eigenvalue weighted by Gasteiger charge is 2.55. The summed E-state index contributed by atoms with van der Waals surface area (Å²) in [5.74, 6) is 2.15. The van der Waals surface area contributed by atoms with Crippen LogP contribution in [-0.2, 0) is 16.1 Å². The van der Waals surface area contributed by atoms with Gasteiger partial charge in [-0.2, -0.15) is 0 Å². The second-order valence-corrected chi connectivity index (χ2v) is 11.6. The molecule has 9 heteroatoms. The lowest BCUT2D eigenvalue weighted by Crippen LogP contribution is -2.34. The number of amides is 1. The second kappa shape index (κ2) is 9.02. The fraction of sp³-hybridized carbons (Fsp3) is 0.423. The van der Waals surface area contributed by atoms with Crippen LogP contribution in [0, 0.1) is 17.8 Å². The fourth-order valence-corrected chi connectivity index (χ4v) is 9.25. The van der Waals surface area contributed by atoms with Crippen molar-refractivity contribution >= 4 is 40.7 Å². The topological polar surface area (TPSA) is 90.5 Å². The fourth-order valence-electron chi connectivity index (χ4n) is 6.12. The van der Waals surface area contributed by atoms with Crippen LogP contribution in [0.25, 0.3) is 0 Å². The maximum atomic E-state index is 13.1. The molecule has 1 aliphatic heterocycles. The van der Waals surface area contributed by atoms with Crippen LogP contribution in [0.4, 0.5) is 5.69 Å². The molecule has 3 heterocycles. The molecular weight excluding hydrogens is 484 g/mol. The van der Waals surface area contributed by atoms with E-state index in [-0.39, 0.29) is 23.2 Å². The molecule has 1 N–H and O–H groups in total. The Balaban J connectivity index is 1.25. The zero-order chi connectivity index (χ0) is 24.1. The number of nitrogens with zero attached hydrogens (tertiary/aromatic N) is 1. The summed E-state index contributed by atoms with van der Waals surface area (Å²) in [6.45, 7) is 2.01. The molecule has 182 valence electrons. The van der Waals surface area contributed by atoms with Crippen molar-refractivity contribution in [1.82, 2.24) is 4.57 Å². The summed E-state index contributed by atoms with van der Waals surface area (Å²) in [5.41, 5.74) is 0.989. The van der Waals surface area contributed by atoms with E-state index in [0.717, 1.165) is 15.7 Å². The van der Waals surface area contributed by atoms with Crippen LogP contribution in [0.3, 0.4) is 0 Å². The summed E-state index contributed by atoms with van der Waals surface area (Å²) in [4.78, 5) is 38.8. The van der Waals surface area contributed by atoms with Crippen molar-refractivity contribution in [3.05, 3.63) is 68.5 Å². The summed E-state index contributed by atoms with van der Waals surface area (Å²) in [5, 5.41) is 4.22. The summed E-state index contributed by atoms with van der Waals surface area (Å²) < 4.78 is 12.5. The van der Waals surface area contributed by atoms with E-state index in [2.05, 4.69) is 5.32 Å². The first-order chi connectivity index (χ1) is 17.0. The Morgan fingerprint density at radius 2 is 1.97 bits per heavy atom. The summed E-state index contributed by atoms with van der Waals surface area (Å²) >= 11 is 3.05. The highest BCUT2D eigenvalue weighted by molar-refractivity contribution is 8.00. The van der Waals surface area contributed by atoms with Crippen molar-refractivity contribution in [3.63, 3.8) is 0 Å². The van der Waals surface area contributed by atoms with Crippen LogP contribution in [0.1, 0.15) is 53.1 Å². The Labute approximate surface area is 210 Å². The molecule has 0 spiro atoms. The van der Waals surface area contributed by atoms with Crippen LogP contribution in [0.5, 0.6) is 0 Å². The van der Waals surface area contributed by atoms with Crippen molar-refractivity contribution in [1.29, 1.82) is 0 Å². The Morgan fingerprint density at radius 3 is 2.71 bits per heavy atom. The van der Waals surface area contributed by atoms with Gasteiger partial charge in [-0.05, 0) is 80.3 Å². The van der Waals surface area contributed by atoms with Crippen molar-refractivity contribution in [2.75, 3.05) is 11.9 Å². The lowest BCUT2D eigenvalue weighted by atomic mass is 9.77. The zero-order valence-corrected chi connectivity index (χ0v) is 20.9. The third kappa shape index (κ3) is 3.94. The summed E-state index contributed by atoms with van der Waals surface area (Å²) in [6.07, 6.45) is 5.46. The Bertz CT molecular complexity index is 1310. The number of aromatic nitrogens is 1. The number of thioether (sulfide) groups is 1. The number of hydrogen-bond acceptors (Lipinski definition) is 7. The number of carbonyl (C=O) groups is 2. The van der Waals surface area contributed by atoms with Gasteiger partial charge in [-0.25, -0.2) is 4.79 Å². The SMILES string of the molecule is CCOC(=O)c1ccc(NC(=O)Cn2c3c(sc2=O)C(c2ccco2)C2C4CCC(C4)C2S3)cc1. The Kier molecular flexibility index (Phi) is 5.84. The van der Waals surface area contributed by atoms with E-state index >= 15 is 0 Å². The van der Waals surface area contributed by atoms with Gasteiger partial charge in [0, 0.05) is 10.9 Å². The number of fused-ring (bicyclic) bond motifs is 6. The van der Waals surface area contributed by atoms with Gasteiger partial charge in [0.1, 0.15) is 12.3 Å². The minimum atomic E-state index is -0.399. The molecule has 2 saturated carbocycles. The molecule has 2 bridgehead atoms. The van der Waals surface area contributed by atoms with Gasteiger partial charge < -0.3 is 14.5 Å². The van der Waals surface area contributed by atoms with Crippen molar-refractivity contribution in [2.24, 2.45) is 17.8 Å². The maximum Gasteiger partial charge on any atom is 0.338 e. The highest BCUT2D eigenvalue weighted by atomic mass is 32.2.